The first-order valence-corrected chi connectivity index (χ1v) is 37.9. The van der Waals surface area contributed by atoms with E-state index >= 15 is 0 Å². The summed E-state index contributed by atoms with van der Waals surface area (Å²) in [6, 6.07) is -0.631. The number of unbranched alkanes of at least 4 members (excludes halogenated alkanes) is 54. The number of allylic oxidation sites excluding steroid dienone is 7. The number of amides is 1. The fourth-order valence-electron chi connectivity index (χ4n) is 11.8. The van der Waals surface area contributed by atoms with Gasteiger partial charge in [-0.05, 0) is 89.9 Å². The molecule has 0 aromatic heterocycles. The van der Waals surface area contributed by atoms with Gasteiger partial charge in [-0.15, -0.1) is 0 Å². The van der Waals surface area contributed by atoms with Crippen molar-refractivity contribution in [3.8, 4) is 0 Å². The summed E-state index contributed by atoms with van der Waals surface area (Å²) in [4.78, 5) is 24.6. The van der Waals surface area contributed by atoms with E-state index in [9.17, 15) is 19.8 Å². The highest BCUT2D eigenvalue weighted by Crippen LogP contribution is 2.19. The Balaban J connectivity index is 3.44. The predicted molar refractivity (Wildman–Crippen MR) is 370 cm³/mol. The Bertz CT molecular complexity index is 1400. The first-order chi connectivity index (χ1) is 41.5. The lowest BCUT2D eigenvalue weighted by molar-refractivity contribution is -0.143. The third-order valence-electron chi connectivity index (χ3n) is 17.6. The lowest BCUT2D eigenvalue weighted by atomic mass is 10.0. The van der Waals surface area contributed by atoms with Gasteiger partial charge < -0.3 is 20.3 Å². The van der Waals surface area contributed by atoms with E-state index in [1.54, 1.807) is 6.08 Å². The molecule has 6 heteroatoms. The Morgan fingerprint density at radius 3 is 0.929 bits per heavy atom. The fourth-order valence-corrected chi connectivity index (χ4v) is 11.8. The Labute approximate surface area is 525 Å². The molecule has 0 aliphatic rings. The minimum absolute atomic E-state index is 0.00272. The molecule has 1 amide bonds. The van der Waals surface area contributed by atoms with Crippen LogP contribution in [0.4, 0.5) is 0 Å². The third kappa shape index (κ3) is 68.9. The maximum absolute atomic E-state index is 12.5. The monoisotopic (exact) mass is 1180 g/mol. The number of aliphatic hydroxyl groups excluding tert-OH is 2. The van der Waals surface area contributed by atoms with Crippen molar-refractivity contribution in [1.29, 1.82) is 0 Å². The molecular formula is C78H147NO5. The molecule has 2 unspecified atom stereocenters. The SMILES string of the molecule is CCCCCC/C=C\CCCCCCCC(=O)OCCCCCCCCCCC/C=C\C/C=C\CCCCCCCCCCCCCCCC(=O)NC(CO)C(O)/C=C/CCCCCCCCCCCCCCCCCCCCCCCCC. The van der Waals surface area contributed by atoms with Gasteiger partial charge in [0.15, 0.2) is 0 Å². The molecule has 494 valence electrons. The number of hydrogen-bond donors (Lipinski definition) is 3. The van der Waals surface area contributed by atoms with Gasteiger partial charge in [-0.2, -0.15) is 0 Å². The quantitative estimate of drug-likeness (QED) is 0.0320. The minimum atomic E-state index is -0.848. The van der Waals surface area contributed by atoms with E-state index in [0.717, 1.165) is 51.4 Å². The van der Waals surface area contributed by atoms with Crippen molar-refractivity contribution in [2.75, 3.05) is 13.2 Å². The van der Waals surface area contributed by atoms with Crippen LogP contribution in [-0.2, 0) is 14.3 Å². The third-order valence-corrected chi connectivity index (χ3v) is 17.6. The van der Waals surface area contributed by atoms with Gasteiger partial charge in [0.1, 0.15) is 0 Å². The van der Waals surface area contributed by atoms with Crippen LogP contribution in [-0.4, -0.2) is 47.4 Å². The van der Waals surface area contributed by atoms with Gasteiger partial charge in [0, 0.05) is 12.8 Å². The number of carbonyl (C=O) groups is 2. The van der Waals surface area contributed by atoms with E-state index in [1.807, 2.05) is 6.08 Å². The van der Waals surface area contributed by atoms with E-state index < -0.39 is 12.1 Å². The molecule has 3 N–H and O–H groups in total. The van der Waals surface area contributed by atoms with Gasteiger partial charge in [0.2, 0.25) is 5.91 Å². The highest BCUT2D eigenvalue weighted by molar-refractivity contribution is 5.76. The largest absolute Gasteiger partial charge is 0.466 e. The van der Waals surface area contributed by atoms with Crippen LogP contribution in [0.1, 0.15) is 412 Å². The lowest BCUT2D eigenvalue weighted by Crippen LogP contribution is -2.45. The summed E-state index contributed by atoms with van der Waals surface area (Å²) in [6.45, 7) is 4.92. The summed E-state index contributed by atoms with van der Waals surface area (Å²) in [5.74, 6) is -0.0621. The first kappa shape index (κ1) is 81.8. The standard InChI is InChI=1S/C78H147NO5/c1-3-5-7-9-11-13-15-17-18-19-20-21-22-28-31-34-37-40-43-47-50-54-58-62-66-70-76(81)75(74-80)79-77(82)71-67-63-59-55-51-48-44-41-38-35-32-29-26-24-23-25-27-30-33-36-39-42-45-49-53-57-61-65-69-73-84-78(83)72-68-64-60-56-52-46-16-14-12-10-8-6-4-2/h14,16,23,25,30,33,66,70,75-76,80-81H,3-13,15,17-22,24,26-29,31-32,34-65,67-69,71-74H2,1-2H3,(H,79,82)/b16-14-,25-23-,33-30-,70-66+. The summed E-state index contributed by atoms with van der Waals surface area (Å²) in [5.41, 5.74) is 0. The molecule has 0 aromatic rings. The number of rotatable bonds is 71. The molecule has 0 aromatic carbocycles. The van der Waals surface area contributed by atoms with Gasteiger partial charge in [0.25, 0.3) is 0 Å². The van der Waals surface area contributed by atoms with Crippen LogP contribution < -0.4 is 5.32 Å². The number of esters is 1. The van der Waals surface area contributed by atoms with Crippen LogP contribution in [0, 0.1) is 0 Å². The van der Waals surface area contributed by atoms with Crippen LogP contribution in [0.5, 0.6) is 0 Å². The molecule has 0 heterocycles. The van der Waals surface area contributed by atoms with Gasteiger partial charge in [-0.1, -0.05) is 358 Å². The minimum Gasteiger partial charge on any atom is -0.466 e. The Morgan fingerprint density at radius 2 is 0.595 bits per heavy atom. The van der Waals surface area contributed by atoms with Gasteiger partial charge in [-0.25, -0.2) is 0 Å². The molecule has 84 heavy (non-hydrogen) atoms. The van der Waals surface area contributed by atoms with Crippen molar-refractivity contribution in [2.45, 2.75) is 424 Å². The lowest BCUT2D eigenvalue weighted by Gasteiger charge is -2.20. The summed E-state index contributed by atoms with van der Waals surface area (Å²) in [5, 5.41) is 23.3. The van der Waals surface area contributed by atoms with Crippen molar-refractivity contribution in [2.24, 2.45) is 0 Å². The average Bonchev–Trinajstić information content (AvgIpc) is 3.51. The van der Waals surface area contributed by atoms with Gasteiger partial charge >= 0.3 is 5.97 Å². The van der Waals surface area contributed by atoms with Crippen molar-refractivity contribution in [1.82, 2.24) is 5.32 Å². The second kappa shape index (κ2) is 73.3. The van der Waals surface area contributed by atoms with Crippen molar-refractivity contribution >= 4 is 11.9 Å². The second-order valence-corrected chi connectivity index (χ2v) is 26.0. The molecule has 0 spiro atoms. The van der Waals surface area contributed by atoms with Crippen molar-refractivity contribution in [3.05, 3.63) is 48.6 Å². The molecule has 0 fully saturated rings. The van der Waals surface area contributed by atoms with E-state index in [-0.39, 0.29) is 18.5 Å². The Hall–Kier alpha value is -2.18. The van der Waals surface area contributed by atoms with Gasteiger partial charge in [-0.3, -0.25) is 9.59 Å². The molecule has 0 bridgehead atoms. The Morgan fingerprint density at radius 1 is 0.333 bits per heavy atom. The smallest absolute Gasteiger partial charge is 0.305 e. The Kier molecular flexibility index (Phi) is 71.4. The summed E-state index contributed by atoms with van der Waals surface area (Å²) >= 11 is 0. The van der Waals surface area contributed by atoms with Crippen LogP contribution in [0.25, 0.3) is 0 Å². The van der Waals surface area contributed by atoms with Crippen molar-refractivity contribution in [3.63, 3.8) is 0 Å². The zero-order chi connectivity index (χ0) is 60.6. The molecule has 2 atom stereocenters. The zero-order valence-corrected chi connectivity index (χ0v) is 56.6. The molecule has 0 radical (unpaired) electrons. The zero-order valence-electron chi connectivity index (χ0n) is 56.6. The van der Waals surface area contributed by atoms with Crippen LogP contribution in [0.2, 0.25) is 0 Å². The molecule has 0 rings (SSSR count). The number of hydrogen-bond acceptors (Lipinski definition) is 5. The molecule has 0 saturated heterocycles. The van der Waals surface area contributed by atoms with E-state index in [2.05, 4.69) is 55.6 Å². The highest BCUT2D eigenvalue weighted by atomic mass is 16.5. The summed E-state index contributed by atoms with van der Waals surface area (Å²) in [7, 11) is 0. The fraction of sp³-hybridized carbons (Fsp3) is 0.872. The van der Waals surface area contributed by atoms with E-state index in [4.69, 9.17) is 4.74 Å². The topological polar surface area (TPSA) is 95.9 Å². The molecule has 0 aliphatic heterocycles. The molecule has 0 saturated carbocycles. The average molecular weight is 1180 g/mol. The molecule has 0 aliphatic carbocycles. The second-order valence-electron chi connectivity index (χ2n) is 26.0. The predicted octanol–water partition coefficient (Wildman–Crippen LogP) is 24.8. The van der Waals surface area contributed by atoms with E-state index in [1.165, 1.54) is 334 Å². The number of nitrogens with one attached hydrogen (secondary N) is 1. The van der Waals surface area contributed by atoms with Crippen LogP contribution in [0.3, 0.4) is 0 Å². The first-order valence-electron chi connectivity index (χ1n) is 37.9. The normalized spacial score (nSPS) is 12.8. The number of ether oxygens (including phenoxy) is 1. The maximum atomic E-state index is 12.5. The highest BCUT2D eigenvalue weighted by Gasteiger charge is 2.18. The van der Waals surface area contributed by atoms with E-state index in [0.29, 0.717) is 19.4 Å². The van der Waals surface area contributed by atoms with Crippen LogP contribution in [0.15, 0.2) is 48.6 Å². The van der Waals surface area contributed by atoms with Gasteiger partial charge in [0.05, 0.1) is 25.4 Å². The maximum Gasteiger partial charge on any atom is 0.305 e. The number of carbonyl (C=O) groups excluding carboxylic acids is 2. The molecule has 6 nitrogen and oxygen atoms in total. The number of aliphatic hydroxyl groups is 2. The summed E-state index contributed by atoms with van der Waals surface area (Å²) < 4.78 is 5.48. The summed E-state index contributed by atoms with van der Waals surface area (Å²) in [6.07, 6.45) is 96.4. The van der Waals surface area contributed by atoms with Crippen molar-refractivity contribution < 1.29 is 24.5 Å². The van der Waals surface area contributed by atoms with Crippen LogP contribution >= 0.6 is 0 Å². The molecular weight excluding hydrogens is 1030 g/mol.